The number of aromatic nitrogens is 3. The summed E-state index contributed by atoms with van der Waals surface area (Å²) >= 11 is 1.78. The highest BCUT2D eigenvalue weighted by Gasteiger charge is 2.43. The van der Waals surface area contributed by atoms with Crippen molar-refractivity contribution >= 4 is 23.4 Å². The molecule has 2 unspecified atom stereocenters. The number of hydrogen-bond acceptors (Lipinski definition) is 5. The summed E-state index contributed by atoms with van der Waals surface area (Å²) in [6.45, 7) is 2.74. The van der Waals surface area contributed by atoms with Crippen molar-refractivity contribution in [3.63, 3.8) is 0 Å². The lowest BCUT2D eigenvalue weighted by Crippen LogP contribution is -2.57. The van der Waals surface area contributed by atoms with Gasteiger partial charge in [-0.25, -0.2) is 0 Å². The van der Waals surface area contributed by atoms with Gasteiger partial charge in [0.05, 0.1) is 18.2 Å². The molecule has 1 aromatic heterocycles. The molecule has 6 rings (SSSR count). The molecule has 3 fully saturated rings. The molecule has 7 heteroatoms. The Labute approximate surface area is 187 Å². The normalized spacial score (nSPS) is 24.8. The number of benzene rings is 2. The summed E-state index contributed by atoms with van der Waals surface area (Å²) < 4.78 is 1.98. The summed E-state index contributed by atoms with van der Waals surface area (Å²) in [5.41, 5.74) is 1.88. The van der Waals surface area contributed by atoms with Crippen molar-refractivity contribution in [1.82, 2.24) is 19.9 Å². The lowest BCUT2D eigenvalue weighted by molar-refractivity contribution is -0.127. The SMILES string of the molecule is O=C(Nc1ccccc1)[C@H]1CN2CCC1C[C@@H]2Cn1cc(CSc2ccccc2)nn1. The van der Waals surface area contributed by atoms with Crippen LogP contribution < -0.4 is 5.32 Å². The Morgan fingerprint density at radius 1 is 1.10 bits per heavy atom. The molecular formula is C24H27N5OS. The minimum absolute atomic E-state index is 0.0683. The van der Waals surface area contributed by atoms with E-state index in [1.807, 2.05) is 41.1 Å². The average Bonchev–Trinajstić information content (AvgIpc) is 3.27. The van der Waals surface area contributed by atoms with Crippen LogP contribution in [0, 0.1) is 11.8 Å². The van der Waals surface area contributed by atoms with Crippen LogP contribution in [0.1, 0.15) is 18.5 Å². The van der Waals surface area contributed by atoms with Crippen molar-refractivity contribution in [2.24, 2.45) is 11.8 Å². The summed E-state index contributed by atoms with van der Waals surface area (Å²) in [4.78, 5) is 16.6. The third-order valence-electron chi connectivity index (χ3n) is 6.37. The molecule has 4 atom stereocenters. The minimum atomic E-state index is 0.0683. The summed E-state index contributed by atoms with van der Waals surface area (Å²) in [5, 5.41) is 11.8. The van der Waals surface area contributed by atoms with Crippen LogP contribution in [0.5, 0.6) is 0 Å². The second-order valence-corrected chi connectivity index (χ2v) is 9.48. The summed E-state index contributed by atoms with van der Waals surface area (Å²) in [5.74, 6) is 1.48. The highest BCUT2D eigenvalue weighted by atomic mass is 32.2. The molecule has 6 nitrogen and oxygen atoms in total. The Kier molecular flexibility index (Phi) is 6.04. The number of piperidine rings is 3. The Morgan fingerprint density at radius 2 is 1.87 bits per heavy atom. The number of amides is 1. The van der Waals surface area contributed by atoms with Crippen LogP contribution in [0.4, 0.5) is 5.69 Å². The second kappa shape index (κ2) is 9.24. The maximum atomic E-state index is 12.8. The number of nitrogens with one attached hydrogen (secondary N) is 1. The van der Waals surface area contributed by atoms with Gasteiger partial charge in [0.15, 0.2) is 0 Å². The number of hydrogen-bond donors (Lipinski definition) is 1. The van der Waals surface area contributed by atoms with Crippen LogP contribution in [0.15, 0.2) is 71.8 Å². The number of fused-ring (bicyclic) bond motifs is 3. The molecule has 2 aromatic carbocycles. The molecule has 160 valence electrons. The number of carbonyl (C=O) groups is 1. The highest BCUT2D eigenvalue weighted by molar-refractivity contribution is 7.98. The summed E-state index contributed by atoms with van der Waals surface area (Å²) in [6.07, 6.45) is 4.21. The van der Waals surface area contributed by atoms with E-state index in [0.717, 1.165) is 49.6 Å². The second-order valence-electron chi connectivity index (χ2n) is 8.43. The van der Waals surface area contributed by atoms with E-state index in [0.29, 0.717) is 12.0 Å². The van der Waals surface area contributed by atoms with Crippen molar-refractivity contribution in [1.29, 1.82) is 0 Å². The van der Waals surface area contributed by atoms with Crippen molar-refractivity contribution in [2.45, 2.75) is 36.1 Å². The van der Waals surface area contributed by atoms with E-state index in [1.54, 1.807) is 11.8 Å². The van der Waals surface area contributed by atoms with Gasteiger partial charge in [-0.05, 0) is 49.6 Å². The maximum Gasteiger partial charge on any atom is 0.229 e. The topological polar surface area (TPSA) is 63.1 Å². The first kappa shape index (κ1) is 20.3. The van der Waals surface area contributed by atoms with Gasteiger partial charge in [-0.15, -0.1) is 16.9 Å². The quantitative estimate of drug-likeness (QED) is 0.572. The lowest BCUT2D eigenvalue weighted by Gasteiger charge is -2.49. The fourth-order valence-corrected chi connectivity index (χ4v) is 5.56. The molecule has 3 aromatic rings. The van der Waals surface area contributed by atoms with E-state index in [-0.39, 0.29) is 11.8 Å². The van der Waals surface area contributed by atoms with Crippen LogP contribution in [0.2, 0.25) is 0 Å². The van der Waals surface area contributed by atoms with Crippen molar-refractivity contribution in [2.75, 3.05) is 18.4 Å². The first-order chi connectivity index (χ1) is 15.2. The van der Waals surface area contributed by atoms with Gasteiger partial charge in [-0.3, -0.25) is 14.4 Å². The number of thioether (sulfide) groups is 1. The third-order valence-corrected chi connectivity index (χ3v) is 7.42. The fourth-order valence-electron chi connectivity index (χ4n) is 4.77. The summed E-state index contributed by atoms with van der Waals surface area (Å²) in [7, 11) is 0. The van der Waals surface area contributed by atoms with Gasteiger partial charge < -0.3 is 5.32 Å². The Balaban J connectivity index is 1.15. The monoisotopic (exact) mass is 433 g/mol. The van der Waals surface area contributed by atoms with E-state index in [4.69, 9.17) is 0 Å². The Hall–Kier alpha value is -2.64. The van der Waals surface area contributed by atoms with Crippen molar-refractivity contribution in [3.05, 3.63) is 72.6 Å². The first-order valence-electron chi connectivity index (χ1n) is 10.9. The molecule has 0 radical (unpaired) electrons. The number of nitrogens with zero attached hydrogens (tertiary/aromatic N) is 4. The van der Waals surface area contributed by atoms with Gasteiger partial charge in [0.1, 0.15) is 0 Å². The molecule has 3 saturated heterocycles. The fraction of sp³-hybridized carbons (Fsp3) is 0.375. The first-order valence-corrected chi connectivity index (χ1v) is 11.9. The van der Waals surface area contributed by atoms with E-state index >= 15 is 0 Å². The third kappa shape index (κ3) is 4.83. The van der Waals surface area contributed by atoms with Gasteiger partial charge in [0.25, 0.3) is 0 Å². The predicted octanol–water partition coefficient (Wildman–Crippen LogP) is 3.92. The van der Waals surface area contributed by atoms with Gasteiger partial charge >= 0.3 is 0 Å². The number of carbonyl (C=O) groups excluding carboxylic acids is 1. The van der Waals surface area contributed by atoms with E-state index in [2.05, 4.69) is 51.0 Å². The standard InChI is InChI=1S/C24H27N5OS/c30-24(25-19-7-3-1-4-8-19)23-16-28-12-11-18(23)13-21(28)15-29-14-20(26-27-29)17-31-22-9-5-2-6-10-22/h1-10,14,18,21,23H,11-13,15-17H2,(H,25,30)/t18?,21-,23+/m1/s1. The molecule has 1 amide bonds. The van der Waals surface area contributed by atoms with Crippen molar-refractivity contribution < 1.29 is 4.79 Å². The van der Waals surface area contributed by atoms with Crippen LogP contribution in [0.25, 0.3) is 0 Å². The van der Waals surface area contributed by atoms with Gasteiger partial charge in [0.2, 0.25) is 5.91 Å². The van der Waals surface area contributed by atoms with Crippen LogP contribution in [-0.2, 0) is 17.1 Å². The summed E-state index contributed by atoms with van der Waals surface area (Å²) in [6, 6.07) is 20.6. The van der Waals surface area contributed by atoms with Gasteiger partial charge in [-0.2, -0.15) is 0 Å². The van der Waals surface area contributed by atoms with E-state index < -0.39 is 0 Å². The smallest absolute Gasteiger partial charge is 0.229 e. The van der Waals surface area contributed by atoms with Crippen LogP contribution in [-0.4, -0.2) is 44.9 Å². The number of anilines is 1. The highest BCUT2D eigenvalue weighted by Crippen LogP contribution is 2.37. The predicted molar refractivity (Wildman–Crippen MR) is 123 cm³/mol. The number of rotatable bonds is 7. The van der Waals surface area contributed by atoms with E-state index in [1.165, 1.54) is 4.90 Å². The van der Waals surface area contributed by atoms with Gasteiger partial charge in [0, 0.05) is 35.1 Å². The molecule has 0 aliphatic carbocycles. The molecule has 4 heterocycles. The molecule has 3 aliphatic heterocycles. The zero-order chi connectivity index (χ0) is 21.0. The Morgan fingerprint density at radius 3 is 2.61 bits per heavy atom. The Bertz CT molecular complexity index is 1010. The zero-order valence-corrected chi connectivity index (χ0v) is 18.2. The average molecular weight is 434 g/mol. The minimum Gasteiger partial charge on any atom is -0.326 e. The molecule has 3 aliphatic rings. The van der Waals surface area contributed by atoms with Crippen LogP contribution in [0.3, 0.4) is 0 Å². The van der Waals surface area contributed by atoms with E-state index in [9.17, 15) is 4.79 Å². The van der Waals surface area contributed by atoms with Gasteiger partial charge in [-0.1, -0.05) is 41.6 Å². The zero-order valence-electron chi connectivity index (χ0n) is 17.4. The molecule has 0 spiro atoms. The molecule has 1 N–H and O–H groups in total. The molecule has 2 bridgehead atoms. The lowest BCUT2D eigenvalue weighted by atomic mass is 9.75. The number of para-hydroxylation sites is 1. The molecule has 0 saturated carbocycles. The van der Waals surface area contributed by atoms with Crippen molar-refractivity contribution in [3.8, 4) is 0 Å². The largest absolute Gasteiger partial charge is 0.326 e. The molecule has 31 heavy (non-hydrogen) atoms. The molecular weight excluding hydrogens is 406 g/mol. The van der Waals surface area contributed by atoms with Crippen LogP contribution >= 0.6 is 11.8 Å². The maximum absolute atomic E-state index is 12.8.